The van der Waals surface area contributed by atoms with Crippen LogP contribution in [0.2, 0.25) is 0 Å². The Balaban J connectivity index is -0.000000605. The molecule has 0 aliphatic rings. The summed E-state index contributed by atoms with van der Waals surface area (Å²) in [5.74, 6) is -1.14. The van der Waals surface area contributed by atoms with Gasteiger partial charge in [0.05, 0.1) is 0 Å². The number of nitrogens with zero attached hydrogens (tertiary/aromatic N) is 1. The van der Waals surface area contributed by atoms with Gasteiger partial charge in [0.25, 0.3) is 0 Å². The molecule has 13 heavy (non-hydrogen) atoms. The number of carboxylic acid groups (broad SMARTS) is 1. The van der Waals surface area contributed by atoms with Crippen molar-refractivity contribution < 1.29 is 50.4 Å². The van der Waals surface area contributed by atoms with Crippen LogP contribution in [0.25, 0.3) is 0 Å². The summed E-state index contributed by atoms with van der Waals surface area (Å²) in [7, 11) is 0. The van der Waals surface area contributed by atoms with Crippen molar-refractivity contribution in [1.82, 2.24) is 4.90 Å². The smallest absolute Gasteiger partial charge is 1.00 e. The quantitative estimate of drug-likeness (QED) is 0.515. The fourth-order valence-corrected chi connectivity index (χ4v) is 0.697. The molecule has 0 fully saturated rings. The van der Waals surface area contributed by atoms with Gasteiger partial charge < -0.3 is 16.2 Å². The van der Waals surface area contributed by atoms with Crippen molar-refractivity contribution in [3.8, 4) is 0 Å². The van der Waals surface area contributed by atoms with Gasteiger partial charge in [-0.25, -0.2) is 9.59 Å². The van der Waals surface area contributed by atoms with Crippen LogP contribution < -0.4 is 29.6 Å². The second kappa shape index (κ2) is 8.34. The Morgan fingerprint density at radius 3 is 2.15 bits per heavy atom. The normalized spacial score (nSPS) is 8.46. The summed E-state index contributed by atoms with van der Waals surface area (Å²) in [6, 6.07) is 0. The van der Waals surface area contributed by atoms with E-state index in [1.165, 1.54) is 4.90 Å². The summed E-state index contributed by atoms with van der Waals surface area (Å²) in [4.78, 5) is 22.4. The van der Waals surface area contributed by atoms with Crippen molar-refractivity contribution in [2.24, 2.45) is 0 Å². The fraction of sp³-hybridized carbons (Fsp3) is 0.714. The zero-order chi connectivity index (χ0) is 9.56. The minimum atomic E-state index is -1.14. The first-order chi connectivity index (χ1) is 5.61. The van der Waals surface area contributed by atoms with Gasteiger partial charge in [-0.3, -0.25) is 0 Å². The number of carbonyl (C=O) groups excluding carboxylic acids is 1. The maximum absolute atomic E-state index is 11.0. The number of rotatable bonds is 4. The molecule has 5 nitrogen and oxygen atoms in total. The van der Waals surface area contributed by atoms with Gasteiger partial charge in [0, 0.05) is 13.1 Å². The third-order valence-corrected chi connectivity index (χ3v) is 1.34. The van der Waals surface area contributed by atoms with Gasteiger partial charge in [-0.1, -0.05) is 0 Å². The second-order valence-corrected chi connectivity index (χ2v) is 2.12. The predicted octanol–water partition coefficient (Wildman–Crippen LogP) is -2.33. The van der Waals surface area contributed by atoms with Crippen LogP contribution in [0.5, 0.6) is 0 Å². The molecule has 0 aliphatic carbocycles. The van der Waals surface area contributed by atoms with Gasteiger partial charge in [-0.15, -0.1) is 0 Å². The van der Waals surface area contributed by atoms with Crippen molar-refractivity contribution >= 4 is 12.1 Å². The first-order valence-corrected chi connectivity index (χ1v) is 3.75. The van der Waals surface area contributed by atoms with E-state index in [1.54, 1.807) is 13.8 Å². The number of carbonyl (C=O) groups is 2. The SMILES string of the molecule is CCN(CC)C(=O)OCC(=O)O.[H-].[Na+]. The molecule has 72 valence electrons. The third kappa shape index (κ3) is 6.86. The molecule has 0 aromatic rings. The van der Waals surface area contributed by atoms with E-state index in [1.807, 2.05) is 0 Å². The van der Waals surface area contributed by atoms with Crippen LogP contribution in [0, 0.1) is 0 Å². The molecule has 0 heterocycles. The molecule has 0 saturated heterocycles. The third-order valence-electron chi connectivity index (χ3n) is 1.34. The molecule has 1 N–H and O–H groups in total. The largest absolute Gasteiger partial charge is 1.00 e. The van der Waals surface area contributed by atoms with E-state index in [0.29, 0.717) is 13.1 Å². The standard InChI is InChI=1S/C7H13NO4.Na.H/c1-3-8(4-2)7(11)12-5-6(9)10;;/h3-5H2,1-2H3,(H,9,10);;/q;+1;-1. The number of aliphatic carboxylic acids is 1. The van der Waals surface area contributed by atoms with E-state index in [9.17, 15) is 9.59 Å². The monoisotopic (exact) mass is 199 g/mol. The Morgan fingerprint density at radius 1 is 1.38 bits per heavy atom. The first kappa shape index (κ1) is 15.2. The predicted molar refractivity (Wildman–Crippen MR) is 43.0 cm³/mol. The Kier molecular flexibility index (Phi) is 9.77. The van der Waals surface area contributed by atoms with E-state index in [2.05, 4.69) is 4.74 Å². The molecule has 0 bridgehead atoms. The number of ether oxygens (including phenoxy) is 1. The number of hydrogen-bond donors (Lipinski definition) is 1. The topological polar surface area (TPSA) is 66.8 Å². The molecule has 0 aliphatic heterocycles. The Bertz CT molecular complexity index is 175. The van der Waals surface area contributed by atoms with E-state index < -0.39 is 18.7 Å². The van der Waals surface area contributed by atoms with Gasteiger partial charge in [0.2, 0.25) is 0 Å². The van der Waals surface area contributed by atoms with Gasteiger partial charge in [0.15, 0.2) is 6.61 Å². The molecule has 0 spiro atoms. The zero-order valence-electron chi connectivity index (χ0n) is 9.24. The minimum Gasteiger partial charge on any atom is -1.00 e. The zero-order valence-corrected chi connectivity index (χ0v) is 10.2. The molecule has 0 unspecified atom stereocenters. The summed E-state index contributed by atoms with van der Waals surface area (Å²) in [5, 5.41) is 8.19. The van der Waals surface area contributed by atoms with Crippen LogP contribution in [0.3, 0.4) is 0 Å². The minimum absolute atomic E-state index is 0. The summed E-state index contributed by atoms with van der Waals surface area (Å²) in [5.41, 5.74) is 0. The summed E-state index contributed by atoms with van der Waals surface area (Å²) >= 11 is 0. The van der Waals surface area contributed by atoms with Gasteiger partial charge >= 0.3 is 41.6 Å². The van der Waals surface area contributed by atoms with E-state index >= 15 is 0 Å². The molecule has 0 atom stereocenters. The van der Waals surface area contributed by atoms with Gasteiger partial charge in [-0.2, -0.15) is 0 Å². The summed E-state index contributed by atoms with van der Waals surface area (Å²) in [6.45, 7) is 4.07. The van der Waals surface area contributed by atoms with Crippen molar-refractivity contribution in [1.29, 1.82) is 0 Å². The summed E-state index contributed by atoms with van der Waals surface area (Å²) in [6.07, 6.45) is -0.581. The molecular weight excluding hydrogens is 185 g/mol. The average molecular weight is 199 g/mol. The van der Waals surface area contributed by atoms with Crippen LogP contribution in [0.15, 0.2) is 0 Å². The number of carboxylic acids is 1. The molecule has 1 amide bonds. The maximum Gasteiger partial charge on any atom is 1.00 e. The molecular formula is C7H14NNaO4. The number of amides is 1. The molecule has 0 aromatic heterocycles. The van der Waals surface area contributed by atoms with Crippen LogP contribution in [0.1, 0.15) is 15.3 Å². The fourth-order valence-electron chi connectivity index (χ4n) is 0.697. The van der Waals surface area contributed by atoms with Gasteiger partial charge in [0.1, 0.15) is 0 Å². The van der Waals surface area contributed by atoms with Crippen molar-refractivity contribution in [2.75, 3.05) is 19.7 Å². The maximum atomic E-state index is 11.0. The van der Waals surface area contributed by atoms with Crippen LogP contribution in [0.4, 0.5) is 4.79 Å². The average Bonchev–Trinajstić information content (AvgIpc) is 2.03. The Hall–Kier alpha value is -0.260. The van der Waals surface area contributed by atoms with Crippen molar-refractivity contribution in [3.63, 3.8) is 0 Å². The second-order valence-electron chi connectivity index (χ2n) is 2.12. The Morgan fingerprint density at radius 2 is 1.85 bits per heavy atom. The Labute approximate surface area is 101 Å². The van der Waals surface area contributed by atoms with E-state index in [4.69, 9.17) is 5.11 Å². The van der Waals surface area contributed by atoms with E-state index in [0.717, 1.165) is 0 Å². The van der Waals surface area contributed by atoms with E-state index in [-0.39, 0.29) is 31.0 Å². The van der Waals surface area contributed by atoms with Crippen LogP contribution in [-0.4, -0.2) is 41.8 Å². The molecule has 0 radical (unpaired) electrons. The summed E-state index contributed by atoms with van der Waals surface area (Å²) < 4.78 is 4.43. The van der Waals surface area contributed by atoms with Gasteiger partial charge in [-0.05, 0) is 13.8 Å². The number of hydrogen-bond acceptors (Lipinski definition) is 3. The molecule has 6 heteroatoms. The molecule has 0 rings (SSSR count). The van der Waals surface area contributed by atoms with Crippen LogP contribution in [-0.2, 0) is 9.53 Å². The van der Waals surface area contributed by atoms with Crippen molar-refractivity contribution in [3.05, 3.63) is 0 Å². The van der Waals surface area contributed by atoms with Crippen LogP contribution >= 0.6 is 0 Å². The molecule has 0 saturated carbocycles. The molecule has 0 aromatic carbocycles. The van der Waals surface area contributed by atoms with Crippen molar-refractivity contribution in [2.45, 2.75) is 13.8 Å². The first-order valence-electron chi connectivity index (χ1n) is 3.75.